The quantitative estimate of drug-likeness (QED) is 0.798. The Kier molecular flexibility index (Phi) is 4.20. The van der Waals surface area contributed by atoms with Crippen molar-refractivity contribution in [1.29, 1.82) is 0 Å². The number of hydrogen-bond acceptors (Lipinski definition) is 3. The lowest BCUT2D eigenvalue weighted by molar-refractivity contribution is 0.591. The Labute approximate surface area is 127 Å². The summed E-state index contributed by atoms with van der Waals surface area (Å²) >= 11 is 9.96. The second kappa shape index (κ2) is 5.40. The van der Waals surface area contributed by atoms with Crippen molar-refractivity contribution in [1.82, 2.24) is 0 Å². The first-order chi connectivity index (χ1) is 8.84. The van der Waals surface area contributed by atoms with E-state index in [0.717, 1.165) is 15.6 Å². The molecule has 0 saturated carbocycles. The van der Waals surface area contributed by atoms with E-state index in [9.17, 15) is 12.8 Å². The smallest absolute Gasteiger partial charge is 0.266 e. The van der Waals surface area contributed by atoms with Crippen LogP contribution in [0.3, 0.4) is 0 Å². The van der Waals surface area contributed by atoms with E-state index in [2.05, 4.69) is 15.9 Å². The van der Waals surface area contributed by atoms with E-state index >= 15 is 0 Å². The lowest BCUT2D eigenvalue weighted by atomic mass is 10.3. The van der Waals surface area contributed by atoms with Crippen molar-refractivity contribution in [3.8, 4) is 0 Å². The number of anilines is 1. The second-order valence-electron chi connectivity index (χ2n) is 3.61. The van der Waals surface area contributed by atoms with Gasteiger partial charge >= 0.3 is 0 Å². The Bertz CT molecular complexity index is 698. The van der Waals surface area contributed by atoms with E-state index in [4.69, 9.17) is 11.6 Å². The van der Waals surface area contributed by atoms with E-state index < -0.39 is 15.8 Å². The molecule has 3 nitrogen and oxygen atoms in total. The van der Waals surface area contributed by atoms with Crippen LogP contribution in [0.25, 0.3) is 0 Å². The Morgan fingerprint density at radius 3 is 2.53 bits per heavy atom. The summed E-state index contributed by atoms with van der Waals surface area (Å²) in [6, 6.07) is 7.01. The van der Waals surface area contributed by atoms with Gasteiger partial charge in [0.2, 0.25) is 0 Å². The Morgan fingerprint density at radius 1 is 1.37 bits per heavy atom. The monoisotopic (exact) mass is 383 g/mol. The van der Waals surface area contributed by atoms with Gasteiger partial charge in [0.05, 0.1) is 14.5 Å². The van der Waals surface area contributed by atoms with Crippen LogP contribution in [0.15, 0.2) is 38.3 Å². The first-order valence-corrected chi connectivity index (χ1v) is 8.45. The van der Waals surface area contributed by atoms with Crippen molar-refractivity contribution in [3.63, 3.8) is 0 Å². The van der Waals surface area contributed by atoms with Gasteiger partial charge in [0.1, 0.15) is 10.0 Å². The zero-order valence-corrected chi connectivity index (χ0v) is 13.6. The molecule has 1 aromatic carbocycles. The maximum Gasteiger partial charge on any atom is 0.273 e. The molecule has 1 aromatic heterocycles. The lowest BCUT2D eigenvalue weighted by Crippen LogP contribution is -2.26. The van der Waals surface area contributed by atoms with E-state index in [1.54, 1.807) is 6.07 Å². The van der Waals surface area contributed by atoms with E-state index in [1.165, 1.54) is 31.3 Å². The van der Waals surface area contributed by atoms with Crippen molar-refractivity contribution < 1.29 is 12.8 Å². The molecule has 0 bridgehead atoms. The maximum atomic E-state index is 13.6. The molecule has 1 heterocycles. The summed E-state index contributed by atoms with van der Waals surface area (Å²) in [5.41, 5.74) is -0.0110. The molecule has 0 atom stereocenters. The molecule has 0 aliphatic rings. The van der Waals surface area contributed by atoms with Crippen LogP contribution in [0, 0.1) is 5.82 Å². The van der Waals surface area contributed by atoms with Gasteiger partial charge in [0.15, 0.2) is 0 Å². The number of para-hydroxylation sites is 1. The largest absolute Gasteiger partial charge is 0.273 e. The molecule has 0 N–H and O–H groups in total. The third kappa shape index (κ3) is 2.79. The number of benzene rings is 1. The first-order valence-electron chi connectivity index (χ1n) is 5.02. The minimum absolute atomic E-state index is 0.0110. The fourth-order valence-electron chi connectivity index (χ4n) is 1.43. The number of sulfonamides is 1. The van der Waals surface area contributed by atoms with Crippen LogP contribution in [-0.2, 0) is 10.0 Å². The van der Waals surface area contributed by atoms with Crippen LogP contribution in [0.5, 0.6) is 0 Å². The van der Waals surface area contributed by atoms with E-state index in [-0.39, 0.29) is 9.90 Å². The van der Waals surface area contributed by atoms with Gasteiger partial charge in [-0.15, -0.1) is 11.3 Å². The SMILES string of the molecule is CN(c1ccccc1F)S(=O)(=O)c1cc(Cl)c(Br)s1. The molecule has 2 rings (SSSR count). The Balaban J connectivity index is 2.48. The molecular formula is C11H8BrClFNO2S2. The van der Waals surface area contributed by atoms with Gasteiger partial charge < -0.3 is 0 Å². The molecule has 0 saturated heterocycles. The fraction of sp³-hybridized carbons (Fsp3) is 0.0909. The van der Waals surface area contributed by atoms with Gasteiger partial charge in [0.25, 0.3) is 10.0 Å². The molecular weight excluding hydrogens is 377 g/mol. The van der Waals surface area contributed by atoms with Crippen LogP contribution in [0.2, 0.25) is 5.02 Å². The molecule has 0 unspecified atom stereocenters. The van der Waals surface area contributed by atoms with E-state index in [1.807, 2.05) is 0 Å². The van der Waals surface area contributed by atoms with Crippen LogP contribution >= 0.6 is 38.9 Å². The van der Waals surface area contributed by atoms with Crippen molar-refractivity contribution in [2.75, 3.05) is 11.4 Å². The summed E-state index contributed by atoms with van der Waals surface area (Å²) in [7, 11) is -2.52. The molecule has 0 spiro atoms. The number of rotatable bonds is 3. The van der Waals surface area contributed by atoms with Crippen molar-refractivity contribution in [3.05, 3.63) is 45.0 Å². The summed E-state index contributed by atoms with van der Waals surface area (Å²) in [5, 5.41) is 0.311. The molecule has 0 aliphatic heterocycles. The zero-order chi connectivity index (χ0) is 14.2. The second-order valence-corrected chi connectivity index (χ2v) is 8.58. The lowest BCUT2D eigenvalue weighted by Gasteiger charge is -2.18. The van der Waals surface area contributed by atoms with Crippen molar-refractivity contribution in [2.24, 2.45) is 0 Å². The van der Waals surface area contributed by atoms with Crippen LogP contribution in [-0.4, -0.2) is 15.5 Å². The highest BCUT2D eigenvalue weighted by Crippen LogP contribution is 2.36. The number of thiophene rings is 1. The van der Waals surface area contributed by atoms with E-state index in [0.29, 0.717) is 8.81 Å². The van der Waals surface area contributed by atoms with Crippen LogP contribution < -0.4 is 4.31 Å². The Hall–Kier alpha value is -0.630. The number of hydrogen-bond donors (Lipinski definition) is 0. The fourth-order valence-corrected chi connectivity index (χ4v) is 5.20. The van der Waals surface area contributed by atoms with Crippen molar-refractivity contribution >= 4 is 54.6 Å². The number of nitrogens with zero attached hydrogens (tertiary/aromatic N) is 1. The molecule has 8 heteroatoms. The highest BCUT2D eigenvalue weighted by Gasteiger charge is 2.26. The predicted octanol–water partition coefficient (Wildman–Crippen LogP) is 4.13. The van der Waals surface area contributed by atoms with Gasteiger partial charge in [-0.1, -0.05) is 23.7 Å². The molecule has 102 valence electrons. The molecule has 2 aromatic rings. The summed E-state index contributed by atoms with van der Waals surface area (Å²) in [6.45, 7) is 0. The van der Waals surface area contributed by atoms with Crippen LogP contribution in [0.4, 0.5) is 10.1 Å². The topological polar surface area (TPSA) is 37.4 Å². The highest BCUT2D eigenvalue weighted by atomic mass is 79.9. The van der Waals surface area contributed by atoms with Gasteiger partial charge in [-0.25, -0.2) is 12.8 Å². The first kappa shape index (κ1) is 14.8. The van der Waals surface area contributed by atoms with Gasteiger partial charge in [-0.2, -0.15) is 0 Å². The standard InChI is InChI=1S/C11H8BrClFNO2S2/c1-15(9-5-3-2-4-8(9)14)19(16,17)10-6-7(13)11(12)18-10/h2-6H,1H3. The molecule has 0 aliphatic carbocycles. The maximum absolute atomic E-state index is 13.6. The molecule has 0 fully saturated rings. The van der Waals surface area contributed by atoms with Crippen LogP contribution in [0.1, 0.15) is 0 Å². The summed E-state index contributed by atoms with van der Waals surface area (Å²) in [4.78, 5) is 0. The molecule has 0 amide bonds. The van der Waals surface area contributed by atoms with Gasteiger partial charge in [0, 0.05) is 7.05 Å². The Morgan fingerprint density at radius 2 is 2.00 bits per heavy atom. The molecule has 0 radical (unpaired) electrons. The van der Waals surface area contributed by atoms with Gasteiger partial charge in [-0.05, 0) is 34.1 Å². The summed E-state index contributed by atoms with van der Waals surface area (Å²) < 4.78 is 39.8. The third-order valence-electron chi connectivity index (χ3n) is 2.43. The minimum Gasteiger partial charge on any atom is -0.266 e. The number of halogens is 3. The summed E-state index contributed by atoms with van der Waals surface area (Å²) in [5.74, 6) is -0.602. The third-order valence-corrected chi connectivity index (χ3v) is 7.12. The van der Waals surface area contributed by atoms with Gasteiger partial charge in [-0.3, -0.25) is 4.31 Å². The van der Waals surface area contributed by atoms with Crippen molar-refractivity contribution in [2.45, 2.75) is 4.21 Å². The average Bonchev–Trinajstić information content (AvgIpc) is 2.70. The minimum atomic E-state index is -3.82. The summed E-state index contributed by atoms with van der Waals surface area (Å²) in [6.07, 6.45) is 0. The predicted molar refractivity (Wildman–Crippen MR) is 79.0 cm³/mol. The zero-order valence-electron chi connectivity index (χ0n) is 9.60. The molecule has 19 heavy (non-hydrogen) atoms. The normalized spacial score (nSPS) is 11.6. The highest BCUT2D eigenvalue weighted by molar-refractivity contribution is 9.11. The average molecular weight is 385 g/mol.